The van der Waals surface area contributed by atoms with Crippen LogP contribution in [0.2, 0.25) is 5.02 Å². The van der Waals surface area contributed by atoms with E-state index in [4.69, 9.17) is 26.3 Å². The van der Waals surface area contributed by atoms with E-state index in [0.717, 1.165) is 0 Å². The van der Waals surface area contributed by atoms with Crippen molar-refractivity contribution in [2.24, 2.45) is 0 Å². The minimum Gasteiger partial charge on any atom is -0.493 e. The monoisotopic (exact) mass is 394 g/mol. The third-order valence-corrected chi connectivity index (χ3v) is 4.90. The van der Waals surface area contributed by atoms with Crippen molar-refractivity contribution in [2.45, 2.75) is 5.75 Å². The highest BCUT2D eigenvalue weighted by atomic mass is 35.5. The lowest BCUT2D eigenvalue weighted by atomic mass is 10.1. The second-order valence-electron chi connectivity index (χ2n) is 5.15. The molecule has 2 aromatic rings. The van der Waals surface area contributed by atoms with Crippen LogP contribution in [0.1, 0.15) is 21.5 Å². The van der Waals surface area contributed by atoms with E-state index in [2.05, 4.69) is 0 Å². The zero-order valence-corrected chi connectivity index (χ0v) is 15.5. The number of methoxy groups -OCH3 is 2. The Kier molecular flexibility index (Phi) is 6.08. The van der Waals surface area contributed by atoms with E-state index < -0.39 is 21.7 Å². The van der Waals surface area contributed by atoms with Crippen molar-refractivity contribution in [3.63, 3.8) is 0 Å². The summed E-state index contributed by atoms with van der Waals surface area (Å²) in [4.78, 5) is 12.3. The van der Waals surface area contributed by atoms with Gasteiger partial charge in [-0.3, -0.25) is 4.79 Å². The first-order valence-electron chi connectivity index (χ1n) is 7.25. The van der Waals surface area contributed by atoms with Crippen LogP contribution in [-0.2, 0) is 15.8 Å². The fourth-order valence-electron chi connectivity index (χ4n) is 2.25. The number of hydrogen-bond donors (Lipinski definition) is 1. The zero-order valence-electron chi connectivity index (χ0n) is 13.9. The van der Waals surface area contributed by atoms with Crippen molar-refractivity contribution in [1.29, 1.82) is 5.26 Å². The summed E-state index contributed by atoms with van der Waals surface area (Å²) in [7, 11) is -1.27. The fourth-order valence-corrected chi connectivity index (χ4v) is 3.67. The van der Waals surface area contributed by atoms with Gasteiger partial charge < -0.3 is 9.47 Å². The molecule has 2 rings (SSSR count). The lowest BCUT2D eigenvalue weighted by Crippen LogP contribution is -2.31. The minimum atomic E-state index is -4.03. The largest absolute Gasteiger partial charge is 0.493 e. The average molecular weight is 395 g/mol. The van der Waals surface area contributed by atoms with Crippen LogP contribution >= 0.6 is 11.6 Å². The minimum absolute atomic E-state index is 0.00945. The first-order valence-corrected chi connectivity index (χ1v) is 9.28. The van der Waals surface area contributed by atoms with Crippen molar-refractivity contribution in [1.82, 2.24) is 4.72 Å². The van der Waals surface area contributed by atoms with Gasteiger partial charge in [-0.1, -0.05) is 29.8 Å². The van der Waals surface area contributed by atoms with Crippen LogP contribution in [0.4, 0.5) is 0 Å². The number of benzene rings is 2. The molecule has 0 aliphatic heterocycles. The van der Waals surface area contributed by atoms with Gasteiger partial charge in [0.15, 0.2) is 11.5 Å². The molecule has 1 N–H and O–H groups in total. The van der Waals surface area contributed by atoms with Crippen LogP contribution in [0.15, 0.2) is 36.4 Å². The van der Waals surface area contributed by atoms with Crippen LogP contribution in [0.3, 0.4) is 0 Å². The topological polar surface area (TPSA) is 105 Å². The summed E-state index contributed by atoms with van der Waals surface area (Å²) in [5.74, 6) is -0.958. The van der Waals surface area contributed by atoms with E-state index in [1.165, 1.54) is 38.5 Å². The van der Waals surface area contributed by atoms with Crippen LogP contribution in [-0.4, -0.2) is 28.5 Å². The van der Waals surface area contributed by atoms with Crippen LogP contribution in [0.5, 0.6) is 11.5 Å². The van der Waals surface area contributed by atoms with E-state index in [-0.39, 0.29) is 27.6 Å². The number of nitrogens with zero attached hydrogens (tertiary/aromatic N) is 1. The van der Waals surface area contributed by atoms with Gasteiger partial charge in [-0.15, -0.1) is 0 Å². The molecule has 0 aromatic heterocycles. The number of nitriles is 1. The van der Waals surface area contributed by atoms with Crippen molar-refractivity contribution in [3.05, 3.63) is 58.1 Å². The maximum absolute atomic E-state index is 12.3. The summed E-state index contributed by atoms with van der Waals surface area (Å²) in [6, 6.07) is 10.8. The van der Waals surface area contributed by atoms with Crippen molar-refractivity contribution in [2.75, 3.05) is 14.2 Å². The number of carbonyl (C=O) groups is 1. The Morgan fingerprint density at radius 3 is 2.54 bits per heavy atom. The van der Waals surface area contributed by atoms with Crippen molar-refractivity contribution in [3.8, 4) is 17.6 Å². The number of ether oxygens (including phenoxy) is 2. The van der Waals surface area contributed by atoms with E-state index in [1.54, 1.807) is 12.1 Å². The molecular formula is C17H15ClN2O5S. The number of hydrogen-bond acceptors (Lipinski definition) is 6. The molecule has 0 spiro atoms. The molecule has 0 aliphatic carbocycles. The number of carbonyl (C=O) groups excluding carboxylic acids is 1. The molecule has 0 saturated heterocycles. The van der Waals surface area contributed by atoms with E-state index >= 15 is 0 Å². The Balaban J connectivity index is 2.26. The normalized spacial score (nSPS) is 10.7. The quantitative estimate of drug-likeness (QED) is 0.806. The highest BCUT2D eigenvalue weighted by Gasteiger charge is 2.21. The van der Waals surface area contributed by atoms with Gasteiger partial charge in [-0.05, 0) is 23.8 Å². The maximum Gasteiger partial charge on any atom is 0.264 e. The molecule has 0 bridgehead atoms. The number of nitrogens with one attached hydrogen (secondary N) is 1. The first-order chi connectivity index (χ1) is 12.3. The smallest absolute Gasteiger partial charge is 0.264 e. The third-order valence-electron chi connectivity index (χ3n) is 3.43. The molecule has 26 heavy (non-hydrogen) atoms. The van der Waals surface area contributed by atoms with Gasteiger partial charge in [0.1, 0.15) is 0 Å². The third kappa shape index (κ3) is 4.45. The molecule has 136 valence electrons. The van der Waals surface area contributed by atoms with Gasteiger partial charge in [-0.2, -0.15) is 5.26 Å². The SMILES string of the molecule is COc1cc(C(=O)NS(=O)(=O)Cc2ccccc2C#N)cc(Cl)c1OC. The number of halogens is 1. The Morgan fingerprint density at radius 1 is 1.23 bits per heavy atom. The lowest BCUT2D eigenvalue weighted by Gasteiger charge is -2.12. The molecule has 7 nitrogen and oxygen atoms in total. The number of amides is 1. The summed E-state index contributed by atoms with van der Waals surface area (Å²) in [6.07, 6.45) is 0. The van der Waals surface area contributed by atoms with E-state index in [9.17, 15) is 13.2 Å². The summed E-state index contributed by atoms with van der Waals surface area (Å²) >= 11 is 6.03. The zero-order chi connectivity index (χ0) is 19.3. The molecule has 0 fully saturated rings. The van der Waals surface area contributed by atoms with Crippen molar-refractivity contribution >= 4 is 27.5 Å². The molecule has 2 aromatic carbocycles. The second-order valence-corrected chi connectivity index (χ2v) is 7.28. The molecule has 0 unspecified atom stereocenters. The fraction of sp³-hybridized carbons (Fsp3) is 0.176. The Bertz CT molecular complexity index is 983. The molecule has 0 saturated carbocycles. The average Bonchev–Trinajstić information content (AvgIpc) is 2.60. The summed E-state index contributed by atoms with van der Waals surface area (Å²) in [6.45, 7) is 0. The van der Waals surface area contributed by atoms with Gasteiger partial charge in [0, 0.05) is 5.56 Å². The highest BCUT2D eigenvalue weighted by Crippen LogP contribution is 2.36. The Labute approximate surface area is 156 Å². The van der Waals surface area contributed by atoms with Crippen LogP contribution in [0.25, 0.3) is 0 Å². The second kappa shape index (κ2) is 8.08. The summed E-state index contributed by atoms with van der Waals surface area (Å²) in [5, 5.41) is 9.14. The first kappa shape index (κ1) is 19.6. The van der Waals surface area contributed by atoms with Crippen LogP contribution < -0.4 is 14.2 Å². The van der Waals surface area contributed by atoms with Gasteiger partial charge in [0.25, 0.3) is 5.91 Å². The molecule has 0 aliphatic rings. The Hall–Kier alpha value is -2.76. The molecule has 0 heterocycles. The van der Waals surface area contributed by atoms with E-state index in [0.29, 0.717) is 5.56 Å². The predicted molar refractivity (Wildman–Crippen MR) is 95.8 cm³/mol. The standard InChI is InChI=1S/C17H15ClN2O5S/c1-24-15-8-13(7-14(18)16(15)25-2)17(21)20-26(22,23)10-12-6-4-3-5-11(12)9-19/h3-8H,10H2,1-2H3,(H,20,21). The number of rotatable bonds is 6. The molecular weight excluding hydrogens is 380 g/mol. The van der Waals surface area contributed by atoms with Gasteiger partial charge in [0.05, 0.1) is 36.6 Å². The van der Waals surface area contributed by atoms with Gasteiger partial charge in [-0.25, -0.2) is 13.1 Å². The number of sulfonamides is 1. The molecule has 0 atom stereocenters. The predicted octanol–water partition coefficient (Wildman–Crippen LogP) is 2.49. The van der Waals surface area contributed by atoms with Gasteiger partial charge in [0.2, 0.25) is 10.0 Å². The lowest BCUT2D eigenvalue weighted by molar-refractivity contribution is 0.0981. The summed E-state index contributed by atoms with van der Waals surface area (Å²) in [5.41, 5.74) is 0.505. The molecule has 0 radical (unpaired) electrons. The van der Waals surface area contributed by atoms with E-state index in [1.807, 2.05) is 10.8 Å². The highest BCUT2D eigenvalue weighted by molar-refractivity contribution is 7.89. The van der Waals surface area contributed by atoms with Crippen LogP contribution in [0, 0.1) is 11.3 Å². The molecule has 9 heteroatoms. The summed E-state index contributed by atoms with van der Waals surface area (Å²) < 4.78 is 36.7. The van der Waals surface area contributed by atoms with Crippen molar-refractivity contribution < 1.29 is 22.7 Å². The maximum atomic E-state index is 12.3. The Morgan fingerprint density at radius 2 is 1.92 bits per heavy atom. The van der Waals surface area contributed by atoms with Gasteiger partial charge >= 0.3 is 0 Å². The molecule has 1 amide bonds.